The molecule has 106 valence electrons. The Labute approximate surface area is 116 Å². The van der Waals surface area contributed by atoms with Gasteiger partial charge in [0.05, 0.1) is 11.4 Å². The minimum Gasteiger partial charge on any atom is -0.397 e. The second-order valence-electron chi connectivity index (χ2n) is 4.49. The fraction of sp³-hybridized carbons (Fsp3) is 0.308. The molecule has 0 spiro atoms. The normalized spacial score (nSPS) is 10.4. The van der Waals surface area contributed by atoms with Gasteiger partial charge < -0.3 is 11.1 Å². The van der Waals surface area contributed by atoms with Crippen LogP contribution in [0, 0.1) is 0 Å². The average molecular weight is 275 g/mol. The van der Waals surface area contributed by atoms with E-state index >= 15 is 0 Å². The van der Waals surface area contributed by atoms with Crippen LogP contribution in [0.25, 0.3) is 0 Å². The second kappa shape index (κ2) is 6.05. The van der Waals surface area contributed by atoms with Crippen LogP contribution in [0.2, 0.25) is 0 Å². The molecule has 0 aliphatic heterocycles. The first-order valence-electron chi connectivity index (χ1n) is 6.30. The summed E-state index contributed by atoms with van der Waals surface area (Å²) in [7, 11) is 1.64. The Morgan fingerprint density at radius 3 is 2.80 bits per heavy atom. The van der Waals surface area contributed by atoms with Gasteiger partial charge in [0.15, 0.2) is 0 Å². The Hall–Kier alpha value is -2.57. The Morgan fingerprint density at radius 1 is 1.40 bits per heavy atom. The van der Waals surface area contributed by atoms with Crippen LogP contribution in [0.15, 0.2) is 35.4 Å². The molecule has 0 aliphatic carbocycles. The van der Waals surface area contributed by atoms with Crippen molar-refractivity contribution in [2.75, 3.05) is 11.1 Å². The molecule has 0 fully saturated rings. The first kappa shape index (κ1) is 13.9. The molecule has 1 amide bonds. The minimum atomic E-state index is -0.183. The zero-order chi connectivity index (χ0) is 14.5. The summed E-state index contributed by atoms with van der Waals surface area (Å²) in [6, 6.07) is 7.08. The smallest absolute Gasteiger partial charge is 0.345 e. The van der Waals surface area contributed by atoms with E-state index in [-0.39, 0.29) is 11.6 Å². The predicted molar refractivity (Wildman–Crippen MR) is 76.2 cm³/mol. The monoisotopic (exact) mass is 275 g/mol. The standard InChI is InChI=1S/C13H17N5O2/c1-17-9-15-18(13(17)20)8-4-7-12(19)16-11-6-3-2-5-10(11)14/h2-3,5-6,9H,4,7-8,14H2,1H3,(H,16,19). The fourth-order valence-electron chi connectivity index (χ4n) is 1.79. The lowest BCUT2D eigenvalue weighted by Gasteiger charge is -2.07. The van der Waals surface area contributed by atoms with Gasteiger partial charge >= 0.3 is 5.69 Å². The Kier molecular flexibility index (Phi) is 4.19. The average Bonchev–Trinajstić information content (AvgIpc) is 2.73. The van der Waals surface area contributed by atoms with Gasteiger partial charge in [0.25, 0.3) is 0 Å². The van der Waals surface area contributed by atoms with Gasteiger partial charge in [0.1, 0.15) is 6.33 Å². The molecule has 0 saturated carbocycles. The molecule has 0 unspecified atom stereocenters. The molecule has 1 heterocycles. The number of para-hydroxylation sites is 2. The van der Waals surface area contributed by atoms with Crippen molar-refractivity contribution in [2.24, 2.45) is 7.05 Å². The van der Waals surface area contributed by atoms with Gasteiger partial charge in [-0.3, -0.25) is 9.36 Å². The van der Waals surface area contributed by atoms with Crippen LogP contribution in [0.4, 0.5) is 11.4 Å². The molecule has 2 rings (SSSR count). The highest BCUT2D eigenvalue weighted by atomic mass is 16.2. The van der Waals surface area contributed by atoms with E-state index in [1.807, 2.05) is 0 Å². The zero-order valence-corrected chi connectivity index (χ0v) is 11.2. The minimum absolute atomic E-state index is 0.133. The van der Waals surface area contributed by atoms with Gasteiger partial charge in [-0.2, -0.15) is 5.10 Å². The van der Waals surface area contributed by atoms with Crippen molar-refractivity contribution in [3.05, 3.63) is 41.1 Å². The number of hydrogen-bond acceptors (Lipinski definition) is 4. The topological polar surface area (TPSA) is 94.9 Å². The molecular formula is C13H17N5O2. The van der Waals surface area contributed by atoms with E-state index < -0.39 is 0 Å². The van der Waals surface area contributed by atoms with Crippen LogP contribution in [0.3, 0.4) is 0 Å². The van der Waals surface area contributed by atoms with Gasteiger partial charge in [-0.15, -0.1) is 0 Å². The van der Waals surface area contributed by atoms with Crippen LogP contribution in [0.5, 0.6) is 0 Å². The van der Waals surface area contributed by atoms with Gasteiger partial charge in [-0.25, -0.2) is 9.48 Å². The van der Waals surface area contributed by atoms with Crippen molar-refractivity contribution in [3.8, 4) is 0 Å². The lowest BCUT2D eigenvalue weighted by molar-refractivity contribution is -0.116. The SMILES string of the molecule is Cn1cnn(CCCC(=O)Nc2ccccc2N)c1=O. The van der Waals surface area contributed by atoms with E-state index in [2.05, 4.69) is 10.4 Å². The maximum atomic E-state index is 11.8. The summed E-state index contributed by atoms with van der Waals surface area (Å²) in [6.45, 7) is 0.414. The first-order valence-corrected chi connectivity index (χ1v) is 6.30. The summed E-state index contributed by atoms with van der Waals surface area (Å²) >= 11 is 0. The molecule has 20 heavy (non-hydrogen) atoms. The number of rotatable bonds is 5. The van der Waals surface area contributed by atoms with E-state index in [1.165, 1.54) is 15.6 Å². The number of benzene rings is 1. The number of nitrogens with one attached hydrogen (secondary N) is 1. The summed E-state index contributed by atoms with van der Waals surface area (Å²) in [5, 5.41) is 6.67. The molecular weight excluding hydrogens is 258 g/mol. The molecule has 0 aliphatic rings. The van der Waals surface area contributed by atoms with Crippen LogP contribution in [0.1, 0.15) is 12.8 Å². The first-order chi connectivity index (χ1) is 9.58. The Bertz CT molecular complexity index is 659. The quantitative estimate of drug-likeness (QED) is 0.780. The third kappa shape index (κ3) is 3.25. The number of nitrogens with zero attached hydrogens (tertiary/aromatic N) is 3. The summed E-state index contributed by atoms with van der Waals surface area (Å²) < 4.78 is 2.73. The number of nitrogen functional groups attached to an aromatic ring is 1. The Balaban J connectivity index is 1.83. The number of carbonyl (C=O) groups is 1. The van der Waals surface area contributed by atoms with Crippen LogP contribution in [-0.2, 0) is 18.4 Å². The van der Waals surface area contributed by atoms with Crippen LogP contribution < -0.4 is 16.7 Å². The molecule has 3 N–H and O–H groups in total. The highest BCUT2D eigenvalue weighted by molar-refractivity contribution is 5.93. The molecule has 7 nitrogen and oxygen atoms in total. The van der Waals surface area contributed by atoms with Gasteiger partial charge in [-0.05, 0) is 18.6 Å². The lowest BCUT2D eigenvalue weighted by atomic mass is 10.2. The predicted octanol–water partition coefficient (Wildman–Crippen LogP) is 0.583. The molecule has 7 heteroatoms. The maximum absolute atomic E-state index is 11.8. The molecule has 0 radical (unpaired) electrons. The molecule has 0 bridgehead atoms. The van der Waals surface area contributed by atoms with Crippen molar-refractivity contribution in [1.29, 1.82) is 0 Å². The second-order valence-corrected chi connectivity index (χ2v) is 4.49. The fourth-order valence-corrected chi connectivity index (χ4v) is 1.79. The highest BCUT2D eigenvalue weighted by Crippen LogP contribution is 2.16. The van der Waals surface area contributed by atoms with Gasteiger partial charge in [0.2, 0.25) is 5.91 Å². The van der Waals surface area contributed by atoms with E-state index in [1.54, 1.807) is 31.3 Å². The summed E-state index contributed by atoms with van der Waals surface area (Å²) in [4.78, 5) is 23.3. The number of aromatic nitrogens is 3. The molecule has 0 atom stereocenters. The number of aryl methyl sites for hydroxylation is 2. The van der Waals surface area contributed by atoms with Crippen molar-refractivity contribution in [3.63, 3.8) is 0 Å². The molecule has 1 aromatic heterocycles. The van der Waals surface area contributed by atoms with Gasteiger partial charge in [0, 0.05) is 20.0 Å². The van der Waals surface area contributed by atoms with E-state index in [0.717, 1.165) is 0 Å². The van der Waals surface area contributed by atoms with Crippen LogP contribution >= 0.6 is 0 Å². The van der Waals surface area contributed by atoms with Crippen molar-refractivity contribution >= 4 is 17.3 Å². The maximum Gasteiger partial charge on any atom is 0.345 e. The lowest BCUT2D eigenvalue weighted by Crippen LogP contribution is -2.23. The summed E-state index contributed by atoms with van der Waals surface area (Å²) in [5.41, 5.74) is 6.69. The summed E-state index contributed by atoms with van der Waals surface area (Å²) in [6.07, 6.45) is 2.29. The van der Waals surface area contributed by atoms with E-state index in [9.17, 15) is 9.59 Å². The van der Waals surface area contributed by atoms with Crippen molar-refractivity contribution < 1.29 is 4.79 Å². The van der Waals surface area contributed by atoms with Crippen molar-refractivity contribution in [1.82, 2.24) is 14.3 Å². The largest absolute Gasteiger partial charge is 0.397 e. The van der Waals surface area contributed by atoms with Crippen molar-refractivity contribution in [2.45, 2.75) is 19.4 Å². The van der Waals surface area contributed by atoms with E-state index in [0.29, 0.717) is 30.8 Å². The van der Waals surface area contributed by atoms with Gasteiger partial charge in [-0.1, -0.05) is 12.1 Å². The molecule has 2 aromatic rings. The summed E-state index contributed by atoms with van der Waals surface area (Å²) in [5.74, 6) is -0.133. The number of hydrogen-bond donors (Lipinski definition) is 2. The number of amides is 1. The van der Waals surface area contributed by atoms with E-state index in [4.69, 9.17) is 5.73 Å². The zero-order valence-electron chi connectivity index (χ0n) is 11.2. The number of anilines is 2. The third-order valence-corrected chi connectivity index (χ3v) is 2.90. The third-order valence-electron chi connectivity index (χ3n) is 2.90. The van der Waals surface area contributed by atoms with Crippen LogP contribution in [-0.4, -0.2) is 20.3 Å². The Morgan fingerprint density at radius 2 is 2.15 bits per heavy atom. The molecule has 0 saturated heterocycles. The highest BCUT2D eigenvalue weighted by Gasteiger charge is 2.06. The number of carbonyl (C=O) groups excluding carboxylic acids is 1. The number of nitrogens with two attached hydrogens (primary N) is 1. The molecule has 1 aromatic carbocycles.